The normalized spacial score (nSPS) is 13.5. The van der Waals surface area contributed by atoms with Gasteiger partial charge < -0.3 is 0 Å². The molecule has 1 aromatic rings. The second-order valence-electron chi connectivity index (χ2n) is 2.76. The van der Waals surface area contributed by atoms with Gasteiger partial charge in [0, 0.05) is 9.75 Å². The minimum absolute atomic E-state index is 0.749. The second kappa shape index (κ2) is 3.20. The predicted octanol–water partition coefficient (Wildman–Crippen LogP) is 3.57. The molecule has 0 bridgehead atoms. The van der Waals surface area contributed by atoms with E-state index in [0.717, 1.165) is 5.92 Å². The van der Waals surface area contributed by atoms with Gasteiger partial charge in [-0.05, 0) is 31.4 Å². The van der Waals surface area contributed by atoms with Crippen molar-refractivity contribution in [2.24, 2.45) is 0 Å². The van der Waals surface area contributed by atoms with Crippen LogP contribution in [0.15, 0.2) is 12.1 Å². The van der Waals surface area contributed by atoms with Crippen molar-refractivity contribution in [1.82, 2.24) is 0 Å². The van der Waals surface area contributed by atoms with Gasteiger partial charge in [0.25, 0.3) is 0 Å². The average Bonchev–Trinajstić information content (AvgIpc) is 2.34. The Labute approximate surface area is 66.9 Å². The molecule has 0 N–H and O–H groups in total. The van der Waals surface area contributed by atoms with Gasteiger partial charge in [0.05, 0.1) is 0 Å². The summed E-state index contributed by atoms with van der Waals surface area (Å²) in [6, 6.07) is 4.44. The summed E-state index contributed by atoms with van der Waals surface area (Å²) in [5.41, 5.74) is 0. The number of hydrogen-bond donors (Lipinski definition) is 0. The van der Waals surface area contributed by atoms with E-state index in [4.69, 9.17) is 0 Å². The van der Waals surface area contributed by atoms with Crippen LogP contribution in [-0.4, -0.2) is 0 Å². The van der Waals surface area contributed by atoms with Crippen molar-refractivity contribution >= 4 is 11.3 Å². The highest BCUT2D eigenvalue weighted by atomic mass is 32.1. The first kappa shape index (κ1) is 7.80. The first-order chi connectivity index (χ1) is 4.74. The van der Waals surface area contributed by atoms with Crippen molar-refractivity contribution in [2.75, 3.05) is 0 Å². The van der Waals surface area contributed by atoms with Crippen LogP contribution in [-0.2, 0) is 0 Å². The maximum atomic E-state index is 2.28. The van der Waals surface area contributed by atoms with E-state index >= 15 is 0 Å². The molecule has 0 aliphatic carbocycles. The van der Waals surface area contributed by atoms with Crippen molar-refractivity contribution in [2.45, 2.75) is 33.1 Å². The zero-order valence-electron chi connectivity index (χ0n) is 6.85. The molecule has 0 nitrogen and oxygen atoms in total. The topological polar surface area (TPSA) is 0 Å². The predicted molar refractivity (Wildman–Crippen MR) is 47.8 cm³/mol. The maximum absolute atomic E-state index is 2.28. The molecule has 0 saturated heterocycles. The third-order valence-corrected chi connectivity index (χ3v) is 3.09. The van der Waals surface area contributed by atoms with Gasteiger partial charge in [0.2, 0.25) is 0 Å². The molecular weight excluding hydrogens is 140 g/mol. The van der Waals surface area contributed by atoms with Crippen LogP contribution in [0.3, 0.4) is 0 Å². The lowest BCUT2D eigenvalue weighted by molar-refractivity contribution is 0.748. The molecule has 56 valence electrons. The summed E-state index contributed by atoms with van der Waals surface area (Å²) < 4.78 is 0. The van der Waals surface area contributed by atoms with Crippen molar-refractivity contribution < 1.29 is 0 Å². The van der Waals surface area contributed by atoms with Crippen LogP contribution in [0, 0.1) is 6.92 Å². The highest BCUT2D eigenvalue weighted by Crippen LogP contribution is 2.25. The number of hydrogen-bond acceptors (Lipinski definition) is 1. The van der Waals surface area contributed by atoms with Gasteiger partial charge in [-0.15, -0.1) is 11.3 Å². The number of rotatable bonds is 2. The summed E-state index contributed by atoms with van der Waals surface area (Å²) in [4.78, 5) is 2.95. The Morgan fingerprint density at radius 3 is 2.60 bits per heavy atom. The average molecular weight is 154 g/mol. The third-order valence-electron chi connectivity index (χ3n) is 1.86. The molecule has 0 aliphatic rings. The van der Waals surface area contributed by atoms with E-state index in [1.807, 2.05) is 11.3 Å². The quantitative estimate of drug-likeness (QED) is 0.611. The van der Waals surface area contributed by atoms with Crippen molar-refractivity contribution in [3.63, 3.8) is 0 Å². The Morgan fingerprint density at radius 2 is 2.20 bits per heavy atom. The van der Waals surface area contributed by atoms with Crippen LogP contribution >= 0.6 is 11.3 Å². The molecule has 0 saturated carbocycles. The summed E-state index contributed by atoms with van der Waals surface area (Å²) >= 11 is 1.92. The Balaban J connectivity index is 2.74. The molecule has 0 aliphatic heterocycles. The smallest absolute Gasteiger partial charge is 0.00761 e. The Kier molecular flexibility index (Phi) is 2.50. The summed E-state index contributed by atoms with van der Waals surface area (Å²) in [6.45, 7) is 6.68. The molecule has 1 heteroatoms. The maximum Gasteiger partial charge on any atom is 0.00761 e. The van der Waals surface area contributed by atoms with Gasteiger partial charge in [0.1, 0.15) is 0 Å². The molecule has 1 atom stereocenters. The highest BCUT2D eigenvalue weighted by molar-refractivity contribution is 7.12. The van der Waals surface area contributed by atoms with E-state index in [1.54, 1.807) is 0 Å². The fourth-order valence-corrected chi connectivity index (χ4v) is 1.93. The van der Waals surface area contributed by atoms with Crippen LogP contribution < -0.4 is 0 Å². The molecule has 0 radical (unpaired) electrons. The fourth-order valence-electron chi connectivity index (χ4n) is 0.919. The van der Waals surface area contributed by atoms with Gasteiger partial charge in [-0.25, -0.2) is 0 Å². The summed E-state index contributed by atoms with van der Waals surface area (Å²) in [5.74, 6) is 0.749. The van der Waals surface area contributed by atoms with Crippen molar-refractivity contribution in [3.8, 4) is 0 Å². The van der Waals surface area contributed by atoms with Gasteiger partial charge >= 0.3 is 0 Å². The Hall–Kier alpha value is -0.300. The second-order valence-corrected chi connectivity index (χ2v) is 4.08. The molecule has 10 heavy (non-hydrogen) atoms. The number of thiophene rings is 1. The molecule has 1 heterocycles. The summed E-state index contributed by atoms with van der Waals surface area (Å²) in [7, 11) is 0. The van der Waals surface area contributed by atoms with Gasteiger partial charge in [0.15, 0.2) is 0 Å². The van der Waals surface area contributed by atoms with E-state index in [1.165, 1.54) is 16.2 Å². The highest BCUT2D eigenvalue weighted by Gasteiger charge is 2.03. The van der Waals surface area contributed by atoms with Crippen molar-refractivity contribution in [1.29, 1.82) is 0 Å². The van der Waals surface area contributed by atoms with E-state index < -0.39 is 0 Å². The lowest BCUT2D eigenvalue weighted by Gasteiger charge is -2.02. The Morgan fingerprint density at radius 1 is 1.50 bits per heavy atom. The van der Waals surface area contributed by atoms with Crippen LogP contribution in [0.1, 0.15) is 35.9 Å². The fraction of sp³-hybridized carbons (Fsp3) is 0.556. The van der Waals surface area contributed by atoms with Crippen LogP contribution in [0.5, 0.6) is 0 Å². The largest absolute Gasteiger partial charge is 0.145 e. The molecule has 1 unspecified atom stereocenters. The SMILES string of the molecule is CCC(C)c1ccc(C)s1. The zero-order chi connectivity index (χ0) is 7.56. The van der Waals surface area contributed by atoms with E-state index in [-0.39, 0.29) is 0 Å². The lowest BCUT2D eigenvalue weighted by Crippen LogP contribution is -1.84. The molecular formula is C9H14S. The monoisotopic (exact) mass is 154 g/mol. The molecule has 0 fully saturated rings. The standard InChI is InChI=1S/C9H14S/c1-4-7(2)9-6-5-8(3)10-9/h5-7H,4H2,1-3H3. The van der Waals surface area contributed by atoms with E-state index in [0.29, 0.717) is 0 Å². The van der Waals surface area contributed by atoms with Crippen molar-refractivity contribution in [3.05, 3.63) is 21.9 Å². The van der Waals surface area contributed by atoms with Gasteiger partial charge in [-0.3, -0.25) is 0 Å². The minimum atomic E-state index is 0.749. The third kappa shape index (κ3) is 1.60. The zero-order valence-corrected chi connectivity index (χ0v) is 7.66. The van der Waals surface area contributed by atoms with E-state index in [2.05, 4.69) is 32.9 Å². The molecule has 0 spiro atoms. The lowest BCUT2D eigenvalue weighted by atomic mass is 10.1. The van der Waals surface area contributed by atoms with Crippen LogP contribution in [0.2, 0.25) is 0 Å². The molecule has 1 rings (SSSR count). The van der Waals surface area contributed by atoms with Crippen LogP contribution in [0.4, 0.5) is 0 Å². The van der Waals surface area contributed by atoms with Gasteiger partial charge in [-0.2, -0.15) is 0 Å². The summed E-state index contributed by atoms with van der Waals surface area (Å²) in [5, 5.41) is 0. The minimum Gasteiger partial charge on any atom is -0.145 e. The van der Waals surface area contributed by atoms with E-state index in [9.17, 15) is 0 Å². The first-order valence-corrected chi connectivity index (χ1v) is 4.62. The molecule has 0 aromatic carbocycles. The van der Waals surface area contributed by atoms with Crippen LogP contribution in [0.25, 0.3) is 0 Å². The van der Waals surface area contributed by atoms with Gasteiger partial charge in [-0.1, -0.05) is 13.8 Å². The number of aryl methyl sites for hydroxylation is 1. The summed E-state index contributed by atoms with van der Waals surface area (Å²) in [6.07, 6.45) is 1.25. The molecule has 0 amide bonds. The molecule has 1 aromatic heterocycles. The first-order valence-electron chi connectivity index (χ1n) is 3.80. The Bertz CT molecular complexity index is 200.